The van der Waals surface area contributed by atoms with E-state index in [1.807, 2.05) is 0 Å². The summed E-state index contributed by atoms with van der Waals surface area (Å²) in [6, 6.07) is 0. The Morgan fingerprint density at radius 1 is 1.64 bits per heavy atom. The van der Waals surface area contributed by atoms with Crippen LogP contribution in [0.1, 0.15) is 0 Å². The Morgan fingerprint density at radius 2 is 2.27 bits per heavy atom. The summed E-state index contributed by atoms with van der Waals surface area (Å²) in [7, 11) is 0. The van der Waals surface area contributed by atoms with Crippen LogP contribution in [0.25, 0.3) is 0 Å². The third-order valence-corrected chi connectivity index (χ3v) is 0.883. The predicted octanol–water partition coefficient (Wildman–Crippen LogP) is 0.157. The Balaban J connectivity index is 3.90. The molecule has 0 unspecified atom stereocenters. The summed E-state index contributed by atoms with van der Waals surface area (Å²) in [4.78, 5) is 3.38. The molecular weight excluding hydrogens is 154 g/mol. The van der Waals surface area contributed by atoms with Crippen molar-refractivity contribution in [1.29, 1.82) is 0 Å². The van der Waals surface area contributed by atoms with Gasteiger partial charge in [0.15, 0.2) is 0 Å². The van der Waals surface area contributed by atoms with E-state index in [4.69, 9.17) is 10.8 Å². The smallest absolute Gasteiger partial charge is 0.257 e. The molecule has 0 atom stereocenters. The van der Waals surface area contributed by atoms with E-state index < -0.39 is 13.0 Å². The lowest BCUT2D eigenvalue weighted by atomic mass is 10.4. The highest BCUT2D eigenvalue weighted by atomic mass is 19.3. The summed E-state index contributed by atoms with van der Waals surface area (Å²) in [5.74, 6) is 0. The van der Waals surface area contributed by atoms with Gasteiger partial charge in [0.2, 0.25) is 0 Å². The van der Waals surface area contributed by atoms with Crippen molar-refractivity contribution in [2.45, 2.75) is 6.43 Å². The molecule has 11 heavy (non-hydrogen) atoms. The number of nitrogens with zero attached hydrogens (tertiary/aromatic N) is 1. The van der Waals surface area contributed by atoms with Crippen LogP contribution in [0.4, 0.5) is 8.78 Å². The second-order valence-electron chi connectivity index (χ2n) is 1.74. The Kier molecular flexibility index (Phi) is 5.28. The van der Waals surface area contributed by atoms with Crippen LogP contribution in [0.5, 0.6) is 0 Å². The Hall–Kier alpha value is -0.970. The van der Waals surface area contributed by atoms with E-state index in [1.165, 1.54) is 6.08 Å². The molecule has 3 N–H and O–H groups in total. The van der Waals surface area contributed by atoms with Crippen LogP contribution in [0.3, 0.4) is 0 Å². The fraction of sp³-hybridized carbons (Fsp3) is 0.500. The quantitative estimate of drug-likeness (QED) is 0.581. The number of aliphatic hydroxyl groups is 1. The lowest BCUT2D eigenvalue weighted by molar-refractivity contribution is 0.158. The Labute approximate surface area is 63.2 Å². The topological polar surface area (TPSA) is 58.6 Å². The highest BCUT2D eigenvalue weighted by Gasteiger charge is 1.99. The molecule has 0 rings (SSSR count). The van der Waals surface area contributed by atoms with Gasteiger partial charge in [0, 0.05) is 0 Å². The lowest BCUT2D eigenvalue weighted by Gasteiger charge is -1.95. The molecule has 0 aliphatic heterocycles. The number of alkyl halides is 2. The normalized spacial score (nSPS) is 13.3. The summed E-state index contributed by atoms with van der Waals surface area (Å²) in [6.45, 7) is -0.972. The van der Waals surface area contributed by atoms with Crippen molar-refractivity contribution < 1.29 is 13.9 Å². The van der Waals surface area contributed by atoms with Crippen LogP contribution >= 0.6 is 0 Å². The SMILES string of the molecule is N/C=C\C(CO)=NCC(F)F. The molecule has 0 aliphatic rings. The third kappa shape index (κ3) is 5.47. The molecular formula is C6H10F2N2O. The van der Waals surface area contributed by atoms with Crippen LogP contribution in [-0.4, -0.2) is 30.4 Å². The first-order valence-corrected chi connectivity index (χ1v) is 3.01. The van der Waals surface area contributed by atoms with Crippen molar-refractivity contribution in [2.24, 2.45) is 10.7 Å². The van der Waals surface area contributed by atoms with Gasteiger partial charge < -0.3 is 10.8 Å². The lowest BCUT2D eigenvalue weighted by Crippen LogP contribution is -2.05. The Morgan fingerprint density at radius 3 is 2.64 bits per heavy atom. The van der Waals surface area contributed by atoms with Crippen molar-refractivity contribution in [3.8, 4) is 0 Å². The highest BCUT2D eigenvalue weighted by Crippen LogP contribution is 1.92. The van der Waals surface area contributed by atoms with Gasteiger partial charge in [-0.25, -0.2) is 8.78 Å². The standard InChI is InChI=1S/C6H10F2N2O/c7-6(8)3-10-5(4-11)1-2-9/h1-2,6,11H,3-4,9H2/b2-1-,10-5?. The molecule has 0 fully saturated rings. The highest BCUT2D eigenvalue weighted by molar-refractivity contribution is 5.95. The first-order chi connectivity index (χ1) is 5.20. The number of aliphatic hydroxyl groups excluding tert-OH is 1. The molecule has 0 heterocycles. The molecule has 0 aliphatic carbocycles. The molecule has 0 saturated heterocycles. The van der Waals surface area contributed by atoms with Gasteiger partial charge in [-0.15, -0.1) is 0 Å². The molecule has 0 aromatic heterocycles. The minimum Gasteiger partial charge on any atom is -0.405 e. The largest absolute Gasteiger partial charge is 0.405 e. The van der Waals surface area contributed by atoms with Gasteiger partial charge in [0.1, 0.15) is 6.54 Å². The zero-order valence-corrected chi connectivity index (χ0v) is 5.87. The Bertz CT molecular complexity index is 157. The maximum atomic E-state index is 11.5. The summed E-state index contributed by atoms with van der Waals surface area (Å²) >= 11 is 0. The van der Waals surface area contributed by atoms with Crippen molar-refractivity contribution >= 4 is 5.71 Å². The minimum atomic E-state index is -2.48. The molecule has 3 nitrogen and oxygen atoms in total. The van der Waals surface area contributed by atoms with Gasteiger partial charge in [-0.2, -0.15) is 0 Å². The second-order valence-corrected chi connectivity index (χ2v) is 1.74. The molecule has 0 amide bonds. The molecule has 0 aromatic carbocycles. The fourth-order valence-electron chi connectivity index (χ4n) is 0.453. The van der Waals surface area contributed by atoms with Gasteiger partial charge in [-0.05, 0) is 12.3 Å². The van der Waals surface area contributed by atoms with E-state index >= 15 is 0 Å². The van der Waals surface area contributed by atoms with Crippen LogP contribution in [0, 0.1) is 0 Å². The summed E-state index contributed by atoms with van der Waals surface area (Å²) in [5, 5.41) is 8.49. The molecule has 5 heteroatoms. The number of halogens is 2. The molecule has 0 bridgehead atoms. The van der Waals surface area contributed by atoms with Crippen molar-refractivity contribution in [1.82, 2.24) is 0 Å². The maximum Gasteiger partial charge on any atom is 0.257 e. The average molecular weight is 164 g/mol. The zero-order valence-electron chi connectivity index (χ0n) is 5.87. The third-order valence-electron chi connectivity index (χ3n) is 0.883. The molecule has 64 valence electrons. The zero-order chi connectivity index (χ0) is 8.69. The van der Waals surface area contributed by atoms with Gasteiger partial charge in [0.05, 0.1) is 12.3 Å². The van der Waals surface area contributed by atoms with Gasteiger partial charge in [-0.1, -0.05) is 0 Å². The first-order valence-electron chi connectivity index (χ1n) is 3.01. The van der Waals surface area contributed by atoms with Crippen LogP contribution < -0.4 is 5.73 Å². The summed E-state index contributed by atoms with van der Waals surface area (Å²) < 4.78 is 23.1. The number of nitrogens with two attached hydrogens (primary N) is 1. The molecule has 0 radical (unpaired) electrons. The summed E-state index contributed by atoms with van der Waals surface area (Å²) in [6.07, 6.45) is -0.0640. The van der Waals surface area contributed by atoms with Gasteiger partial charge >= 0.3 is 0 Å². The predicted molar refractivity (Wildman–Crippen MR) is 38.7 cm³/mol. The second kappa shape index (κ2) is 5.79. The molecule has 0 spiro atoms. The van der Waals surface area contributed by atoms with E-state index in [0.717, 1.165) is 6.20 Å². The molecule has 0 aromatic rings. The van der Waals surface area contributed by atoms with E-state index in [9.17, 15) is 8.78 Å². The van der Waals surface area contributed by atoms with Gasteiger partial charge in [0.25, 0.3) is 6.43 Å². The molecule has 0 saturated carbocycles. The van der Waals surface area contributed by atoms with Crippen molar-refractivity contribution in [3.05, 3.63) is 12.3 Å². The van der Waals surface area contributed by atoms with E-state index in [0.29, 0.717) is 0 Å². The first kappa shape index (κ1) is 10.0. The number of hydrogen-bond acceptors (Lipinski definition) is 3. The maximum absolute atomic E-state index is 11.5. The number of aliphatic imine (C=N–C) groups is 1. The van der Waals surface area contributed by atoms with Gasteiger partial charge in [-0.3, -0.25) is 4.99 Å². The van der Waals surface area contributed by atoms with Crippen LogP contribution in [0.2, 0.25) is 0 Å². The fourth-order valence-corrected chi connectivity index (χ4v) is 0.453. The van der Waals surface area contributed by atoms with Crippen molar-refractivity contribution in [2.75, 3.05) is 13.2 Å². The van der Waals surface area contributed by atoms with E-state index in [1.54, 1.807) is 0 Å². The minimum absolute atomic E-state index is 0.160. The average Bonchev–Trinajstić information content (AvgIpc) is 1.97. The van der Waals surface area contributed by atoms with E-state index in [2.05, 4.69) is 4.99 Å². The van der Waals surface area contributed by atoms with E-state index in [-0.39, 0.29) is 12.3 Å². The monoisotopic (exact) mass is 164 g/mol. The van der Waals surface area contributed by atoms with Crippen LogP contribution in [-0.2, 0) is 0 Å². The number of rotatable bonds is 4. The summed E-state index contributed by atoms with van der Waals surface area (Å²) in [5.41, 5.74) is 5.11. The van der Waals surface area contributed by atoms with Crippen LogP contribution in [0.15, 0.2) is 17.3 Å². The number of hydrogen-bond donors (Lipinski definition) is 2. The van der Waals surface area contributed by atoms with Crippen molar-refractivity contribution in [3.63, 3.8) is 0 Å².